The molecule has 0 aromatic rings. The first-order valence-corrected chi connectivity index (χ1v) is 7.96. The fraction of sp³-hybridized carbons (Fsp3) is 1.00. The van der Waals surface area contributed by atoms with E-state index in [0.717, 1.165) is 26.3 Å². The molecule has 0 amide bonds. The second kappa shape index (κ2) is 5.71. The van der Waals surface area contributed by atoms with Crippen molar-refractivity contribution in [2.75, 3.05) is 26.3 Å². The van der Waals surface area contributed by atoms with Gasteiger partial charge >= 0.3 is 0 Å². The number of rotatable bonds is 3. The predicted octanol–water partition coefficient (Wildman–Crippen LogP) is 2.65. The second-order valence-corrected chi connectivity index (χ2v) is 7.54. The van der Waals surface area contributed by atoms with E-state index in [4.69, 9.17) is 4.74 Å². The maximum Gasteiger partial charge on any atom is 0.0645 e. The highest BCUT2D eigenvalue weighted by Gasteiger charge is 2.45. The second-order valence-electron chi connectivity index (χ2n) is 7.54. The van der Waals surface area contributed by atoms with E-state index in [-0.39, 0.29) is 5.54 Å². The van der Waals surface area contributed by atoms with Crippen molar-refractivity contribution in [2.24, 2.45) is 5.41 Å². The summed E-state index contributed by atoms with van der Waals surface area (Å²) in [6.07, 6.45) is 4.02. The summed E-state index contributed by atoms with van der Waals surface area (Å²) in [6.45, 7) is 15.6. The Balaban J connectivity index is 2.19. The molecule has 19 heavy (non-hydrogen) atoms. The van der Waals surface area contributed by atoms with E-state index in [1.54, 1.807) is 0 Å². The van der Waals surface area contributed by atoms with Crippen LogP contribution in [0.2, 0.25) is 0 Å². The van der Waals surface area contributed by atoms with Gasteiger partial charge in [-0.15, -0.1) is 0 Å². The monoisotopic (exact) mass is 268 g/mol. The topological polar surface area (TPSA) is 24.5 Å². The fourth-order valence-electron chi connectivity index (χ4n) is 4.06. The van der Waals surface area contributed by atoms with Crippen LogP contribution in [-0.2, 0) is 4.74 Å². The zero-order chi connectivity index (χ0) is 14.1. The number of hydrogen-bond donors (Lipinski definition) is 1. The van der Waals surface area contributed by atoms with Crippen molar-refractivity contribution in [2.45, 2.75) is 71.5 Å². The third-order valence-corrected chi connectivity index (χ3v) is 5.08. The van der Waals surface area contributed by atoms with Gasteiger partial charge in [-0.3, -0.25) is 4.90 Å². The molecular weight excluding hydrogens is 236 g/mol. The highest BCUT2D eigenvalue weighted by atomic mass is 16.5. The maximum atomic E-state index is 5.69. The predicted molar refractivity (Wildman–Crippen MR) is 80.5 cm³/mol. The lowest BCUT2D eigenvalue weighted by molar-refractivity contribution is -0.0962. The molecular formula is C16H32N2O. The van der Waals surface area contributed by atoms with Crippen LogP contribution < -0.4 is 5.32 Å². The van der Waals surface area contributed by atoms with Gasteiger partial charge in [0.2, 0.25) is 0 Å². The van der Waals surface area contributed by atoms with Crippen LogP contribution in [0.5, 0.6) is 0 Å². The van der Waals surface area contributed by atoms with E-state index in [1.165, 1.54) is 19.3 Å². The van der Waals surface area contributed by atoms with E-state index in [9.17, 15) is 0 Å². The Morgan fingerprint density at radius 1 is 1.26 bits per heavy atom. The molecule has 2 atom stereocenters. The van der Waals surface area contributed by atoms with Gasteiger partial charge in [-0.2, -0.15) is 0 Å². The molecule has 2 unspecified atom stereocenters. The van der Waals surface area contributed by atoms with E-state index < -0.39 is 0 Å². The van der Waals surface area contributed by atoms with Gasteiger partial charge in [-0.25, -0.2) is 0 Å². The minimum Gasteiger partial charge on any atom is -0.378 e. The van der Waals surface area contributed by atoms with Crippen LogP contribution in [0.4, 0.5) is 0 Å². The molecule has 1 aliphatic heterocycles. The first-order valence-electron chi connectivity index (χ1n) is 7.96. The van der Waals surface area contributed by atoms with Crippen molar-refractivity contribution in [3.05, 3.63) is 0 Å². The SMILES string of the molecule is CCNC1C(N2CCOCC2(C)C)CCCC1(C)C. The van der Waals surface area contributed by atoms with Crippen LogP contribution in [0.25, 0.3) is 0 Å². The molecule has 3 heteroatoms. The number of likely N-dealkylation sites (N-methyl/N-ethyl adjacent to an activating group) is 1. The van der Waals surface area contributed by atoms with Crippen molar-refractivity contribution in [3.8, 4) is 0 Å². The van der Waals surface area contributed by atoms with Gasteiger partial charge in [-0.05, 0) is 38.6 Å². The highest BCUT2D eigenvalue weighted by Crippen LogP contribution is 2.40. The van der Waals surface area contributed by atoms with Crippen LogP contribution in [0.1, 0.15) is 53.9 Å². The molecule has 0 radical (unpaired) electrons. The van der Waals surface area contributed by atoms with Gasteiger partial charge in [-0.1, -0.05) is 27.2 Å². The van der Waals surface area contributed by atoms with Crippen LogP contribution >= 0.6 is 0 Å². The van der Waals surface area contributed by atoms with E-state index in [2.05, 4.69) is 44.8 Å². The Kier molecular flexibility index (Phi) is 4.59. The molecule has 3 nitrogen and oxygen atoms in total. The Bertz CT molecular complexity index is 281. The molecule has 2 rings (SSSR count). The van der Waals surface area contributed by atoms with Gasteiger partial charge in [0.25, 0.3) is 0 Å². The fourth-order valence-corrected chi connectivity index (χ4v) is 4.06. The highest BCUT2D eigenvalue weighted by molar-refractivity contribution is 5.02. The Labute approximate surface area is 119 Å². The number of nitrogens with zero attached hydrogens (tertiary/aromatic N) is 1. The average Bonchev–Trinajstić information content (AvgIpc) is 2.31. The van der Waals surface area contributed by atoms with Crippen LogP contribution in [0, 0.1) is 5.41 Å². The Morgan fingerprint density at radius 3 is 2.63 bits per heavy atom. The van der Waals surface area contributed by atoms with E-state index in [0.29, 0.717) is 17.5 Å². The van der Waals surface area contributed by atoms with Gasteiger partial charge in [0, 0.05) is 24.2 Å². The van der Waals surface area contributed by atoms with Crippen LogP contribution in [-0.4, -0.2) is 48.8 Å². The quantitative estimate of drug-likeness (QED) is 0.851. The average molecular weight is 268 g/mol. The maximum absolute atomic E-state index is 5.69. The summed E-state index contributed by atoms with van der Waals surface area (Å²) < 4.78 is 5.69. The summed E-state index contributed by atoms with van der Waals surface area (Å²) >= 11 is 0. The molecule has 112 valence electrons. The molecule has 0 aromatic heterocycles. The third-order valence-electron chi connectivity index (χ3n) is 5.08. The Morgan fingerprint density at radius 2 is 2.00 bits per heavy atom. The minimum absolute atomic E-state index is 0.171. The van der Waals surface area contributed by atoms with Gasteiger partial charge in [0.1, 0.15) is 0 Å². The number of ether oxygens (including phenoxy) is 1. The lowest BCUT2D eigenvalue weighted by Gasteiger charge is -2.54. The summed E-state index contributed by atoms with van der Waals surface area (Å²) in [5.74, 6) is 0. The number of hydrogen-bond acceptors (Lipinski definition) is 3. The molecule has 1 saturated carbocycles. The molecule has 1 heterocycles. The summed E-state index contributed by atoms with van der Waals surface area (Å²) in [5, 5.41) is 3.78. The molecule has 0 aromatic carbocycles. The molecule has 0 bridgehead atoms. The molecule has 0 spiro atoms. The molecule has 2 aliphatic rings. The van der Waals surface area contributed by atoms with E-state index >= 15 is 0 Å². The van der Waals surface area contributed by atoms with Crippen LogP contribution in [0.3, 0.4) is 0 Å². The lowest BCUT2D eigenvalue weighted by atomic mass is 9.69. The van der Waals surface area contributed by atoms with Gasteiger partial charge in [0.05, 0.1) is 13.2 Å². The molecule has 2 fully saturated rings. The Hall–Kier alpha value is -0.120. The molecule has 1 aliphatic carbocycles. The summed E-state index contributed by atoms with van der Waals surface area (Å²) in [5.41, 5.74) is 0.567. The first-order chi connectivity index (χ1) is 8.88. The normalized spacial score (nSPS) is 35.2. The van der Waals surface area contributed by atoms with E-state index in [1.807, 2.05) is 0 Å². The van der Waals surface area contributed by atoms with Crippen LogP contribution in [0.15, 0.2) is 0 Å². The largest absolute Gasteiger partial charge is 0.378 e. The summed E-state index contributed by atoms with van der Waals surface area (Å²) in [6, 6.07) is 1.26. The zero-order valence-corrected chi connectivity index (χ0v) is 13.5. The zero-order valence-electron chi connectivity index (χ0n) is 13.5. The van der Waals surface area contributed by atoms with Crippen molar-refractivity contribution in [1.29, 1.82) is 0 Å². The summed E-state index contributed by atoms with van der Waals surface area (Å²) in [4.78, 5) is 2.71. The first kappa shape index (κ1) is 15.3. The molecule has 1 saturated heterocycles. The minimum atomic E-state index is 0.171. The standard InChI is InChI=1S/C16H32N2O/c1-6-17-14-13(8-7-9-15(14,2)3)18-10-11-19-12-16(18,4)5/h13-14,17H,6-12H2,1-5H3. The third kappa shape index (κ3) is 3.14. The van der Waals surface area contributed by atoms with Crippen molar-refractivity contribution < 1.29 is 4.74 Å². The molecule has 1 N–H and O–H groups in total. The van der Waals surface area contributed by atoms with Crippen molar-refractivity contribution >= 4 is 0 Å². The van der Waals surface area contributed by atoms with Crippen molar-refractivity contribution in [3.63, 3.8) is 0 Å². The lowest BCUT2D eigenvalue weighted by Crippen LogP contribution is -2.66. The van der Waals surface area contributed by atoms with Gasteiger partial charge < -0.3 is 10.1 Å². The van der Waals surface area contributed by atoms with Gasteiger partial charge in [0.15, 0.2) is 0 Å². The number of morpholine rings is 1. The number of nitrogens with one attached hydrogen (secondary N) is 1. The summed E-state index contributed by atoms with van der Waals surface area (Å²) in [7, 11) is 0. The van der Waals surface area contributed by atoms with Crippen molar-refractivity contribution in [1.82, 2.24) is 10.2 Å². The smallest absolute Gasteiger partial charge is 0.0645 e.